The summed E-state index contributed by atoms with van der Waals surface area (Å²) < 4.78 is 57.3. The zero-order valence-electron chi connectivity index (χ0n) is 25.0. The molecular formula is C34H35F3N2O5. The molecule has 0 aromatic heterocycles. The predicted octanol–water partition coefficient (Wildman–Crippen LogP) is 4.97. The van der Waals surface area contributed by atoms with E-state index in [2.05, 4.69) is 16.7 Å². The third-order valence-electron chi connectivity index (χ3n) is 10.5. The Morgan fingerprint density at radius 1 is 1.14 bits per heavy atom. The quantitative estimate of drug-likeness (QED) is 0.272. The molecule has 0 N–H and O–H groups in total. The molecule has 5 aliphatic rings. The van der Waals surface area contributed by atoms with Gasteiger partial charge in [-0.05, 0) is 81.2 Å². The van der Waals surface area contributed by atoms with Crippen molar-refractivity contribution in [3.8, 4) is 29.1 Å². The number of alkyl halides is 3. The van der Waals surface area contributed by atoms with Crippen molar-refractivity contribution >= 4 is 11.9 Å². The van der Waals surface area contributed by atoms with Crippen LogP contribution in [0.25, 0.3) is 0 Å². The van der Waals surface area contributed by atoms with E-state index in [1.807, 2.05) is 0 Å². The number of halogens is 3. The summed E-state index contributed by atoms with van der Waals surface area (Å²) >= 11 is 0. The van der Waals surface area contributed by atoms with Crippen LogP contribution in [0.5, 0.6) is 17.2 Å². The zero-order valence-corrected chi connectivity index (χ0v) is 25.0. The highest BCUT2D eigenvalue weighted by Gasteiger charge is 2.67. The van der Waals surface area contributed by atoms with Crippen LogP contribution in [-0.4, -0.2) is 67.1 Å². The van der Waals surface area contributed by atoms with Crippen LogP contribution in [0, 0.1) is 23.7 Å². The molecule has 0 radical (unpaired) electrons. The number of nitrogens with zero attached hydrogens (tertiary/aromatic N) is 2. The van der Waals surface area contributed by atoms with Crippen LogP contribution in [0.2, 0.25) is 0 Å². The van der Waals surface area contributed by atoms with Gasteiger partial charge in [-0.15, -0.1) is 0 Å². The fraction of sp³-hybridized carbons (Fsp3) is 0.529. The number of hydrogen-bond donors (Lipinski definition) is 0. The lowest BCUT2D eigenvalue weighted by Gasteiger charge is -2.60. The third-order valence-corrected chi connectivity index (χ3v) is 10.5. The van der Waals surface area contributed by atoms with Gasteiger partial charge in [0, 0.05) is 60.7 Å². The van der Waals surface area contributed by atoms with E-state index in [9.17, 15) is 22.8 Å². The molecule has 2 aromatic carbocycles. The molecule has 44 heavy (non-hydrogen) atoms. The second kappa shape index (κ2) is 10.4. The van der Waals surface area contributed by atoms with Crippen molar-refractivity contribution in [1.29, 1.82) is 0 Å². The highest BCUT2D eigenvalue weighted by atomic mass is 19.4. The topological polar surface area (TPSA) is 68.3 Å². The standard InChI is InChI=1S/C34H35F3N2O5/c1-19(40)43-27-17-28(42-3)31-30-23(27)16-26-24-11-12-25(32(44-31)33(24,30)14-15-39(26)18-21-4-5-21)38(2)29(41)13-8-20-6-9-22(10-7-20)34(35,36)37/h6-7,9-10,17,21,24-26,32H,4-5,11-12,14-16,18H2,1-3H3/t24-,25-,26+,32-,33-/m0/s1. The minimum Gasteiger partial charge on any atom is -0.493 e. The predicted molar refractivity (Wildman–Crippen MR) is 154 cm³/mol. The summed E-state index contributed by atoms with van der Waals surface area (Å²) in [6.07, 6.45) is 1.01. The minimum absolute atomic E-state index is 0.276. The van der Waals surface area contributed by atoms with E-state index in [-0.39, 0.29) is 23.6 Å². The van der Waals surface area contributed by atoms with Crippen LogP contribution in [0.15, 0.2) is 30.3 Å². The Morgan fingerprint density at radius 3 is 2.55 bits per heavy atom. The van der Waals surface area contributed by atoms with Gasteiger partial charge in [-0.3, -0.25) is 14.5 Å². The van der Waals surface area contributed by atoms with E-state index < -0.39 is 23.6 Å². The van der Waals surface area contributed by atoms with Crippen molar-refractivity contribution in [3.05, 3.63) is 52.6 Å². The summed E-state index contributed by atoms with van der Waals surface area (Å²) in [5.74, 6) is 7.32. The lowest BCUT2D eigenvalue weighted by molar-refractivity contribution is -0.137. The van der Waals surface area contributed by atoms with Crippen molar-refractivity contribution in [1.82, 2.24) is 9.80 Å². The SMILES string of the molecule is COc1cc(OC(C)=O)c2c3c1O[C@H]1[C@@H](N(C)C(=O)C#Cc4ccc(C(F)(F)F)cc4)CC[C@H]4[C@@H](C2)N(CC2CC2)CC[C@@]341. The largest absolute Gasteiger partial charge is 0.493 e. The first-order valence-corrected chi connectivity index (χ1v) is 15.3. The molecule has 5 atom stereocenters. The highest BCUT2D eigenvalue weighted by molar-refractivity contribution is 5.94. The first-order chi connectivity index (χ1) is 21.0. The fourth-order valence-electron chi connectivity index (χ4n) is 8.40. The summed E-state index contributed by atoms with van der Waals surface area (Å²) in [6.45, 7) is 3.40. The monoisotopic (exact) mass is 608 g/mol. The zero-order chi connectivity index (χ0) is 31.0. The number of piperidine rings is 1. The van der Waals surface area contributed by atoms with Crippen LogP contribution < -0.4 is 14.2 Å². The molecule has 10 heteroatoms. The lowest BCUT2D eigenvalue weighted by Crippen LogP contribution is -2.69. The summed E-state index contributed by atoms with van der Waals surface area (Å²) in [7, 11) is 3.30. The van der Waals surface area contributed by atoms with Gasteiger partial charge in [-0.1, -0.05) is 5.92 Å². The maximum atomic E-state index is 13.4. The number of methoxy groups -OCH3 is 1. The molecule has 1 spiro atoms. The second-order valence-electron chi connectivity index (χ2n) is 12.9. The molecule has 3 fully saturated rings. The van der Waals surface area contributed by atoms with E-state index in [0.717, 1.165) is 68.0 Å². The first kappa shape index (κ1) is 29.0. The van der Waals surface area contributed by atoms with E-state index in [1.165, 1.54) is 31.9 Å². The number of amides is 1. The molecule has 2 aliphatic heterocycles. The number of rotatable bonds is 5. The number of carbonyl (C=O) groups is 2. The van der Waals surface area contributed by atoms with Crippen LogP contribution in [-0.2, 0) is 27.6 Å². The van der Waals surface area contributed by atoms with Gasteiger partial charge in [-0.2, -0.15) is 13.2 Å². The average molecular weight is 609 g/mol. The maximum Gasteiger partial charge on any atom is 0.416 e. The van der Waals surface area contributed by atoms with Crippen molar-refractivity contribution in [2.75, 3.05) is 27.2 Å². The van der Waals surface area contributed by atoms with Crippen molar-refractivity contribution in [3.63, 3.8) is 0 Å². The Labute approximate surface area is 254 Å². The highest BCUT2D eigenvalue weighted by Crippen LogP contribution is 2.66. The third kappa shape index (κ3) is 4.63. The fourth-order valence-corrected chi connectivity index (χ4v) is 8.40. The normalized spacial score (nSPS) is 28.2. The molecule has 2 saturated carbocycles. The summed E-state index contributed by atoms with van der Waals surface area (Å²) in [5.41, 5.74) is 1.25. The van der Waals surface area contributed by atoms with Crippen molar-refractivity contribution in [2.45, 2.75) is 75.2 Å². The molecule has 0 unspecified atom stereocenters. The summed E-state index contributed by atoms with van der Waals surface area (Å²) in [4.78, 5) is 29.9. The Hall–Kier alpha value is -3.71. The van der Waals surface area contributed by atoms with Gasteiger partial charge in [0.2, 0.25) is 0 Å². The molecule has 232 valence electrons. The van der Waals surface area contributed by atoms with Gasteiger partial charge in [0.1, 0.15) is 11.9 Å². The Bertz CT molecular complexity index is 1570. The minimum atomic E-state index is -4.44. The molecule has 3 aliphatic carbocycles. The lowest BCUT2D eigenvalue weighted by atomic mass is 9.50. The molecule has 2 bridgehead atoms. The summed E-state index contributed by atoms with van der Waals surface area (Å²) in [5, 5.41) is 0. The van der Waals surface area contributed by atoms with E-state index in [4.69, 9.17) is 14.2 Å². The van der Waals surface area contributed by atoms with Gasteiger partial charge < -0.3 is 19.1 Å². The Morgan fingerprint density at radius 2 is 1.89 bits per heavy atom. The van der Waals surface area contributed by atoms with E-state index in [0.29, 0.717) is 28.7 Å². The molecule has 1 amide bonds. The van der Waals surface area contributed by atoms with E-state index in [1.54, 1.807) is 25.1 Å². The van der Waals surface area contributed by atoms with Crippen molar-refractivity contribution in [2.24, 2.45) is 11.8 Å². The number of likely N-dealkylation sites (N-methyl/N-ethyl adjacent to an activating group) is 1. The Balaban J connectivity index is 1.24. The maximum absolute atomic E-state index is 13.4. The molecule has 2 aromatic rings. The number of benzene rings is 2. The molecular weight excluding hydrogens is 573 g/mol. The van der Waals surface area contributed by atoms with Crippen LogP contribution in [0.3, 0.4) is 0 Å². The van der Waals surface area contributed by atoms with Gasteiger partial charge >= 0.3 is 12.1 Å². The van der Waals surface area contributed by atoms with E-state index >= 15 is 0 Å². The number of ether oxygens (including phenoxy) is 3. The average Bonchev–Trinajstić information content (AvgIpc) is 3.74. The molecule has 7 rings (SSSR count). The number of esters is 1. The number of hydrogen-bond acceptors (Lipinski definition) is 6. The molecule has 1 saturated heterocycles. The smallest absolute Gasteiger partial charge is 0.416 e. The van der Waals surface area contributed by atoms with Crippen molar-refractivity contribution < 1.29 is 37.0 Å². The number of likely N-dealkylation sites (tertiary alicyclic amines) is 1. The van der Waals surface area contributed by atoms with Crippen LogP contribution >= 0.6 is 0 Å². The van der Waals surface area contributed by atoms with Crippen LogP contribution in [0.4, 0.5) is 13.2 Å². The van der Waals surface area contributed by atoms with Gasteiger partial charge in [-0.25, -0.2) is 0 Å². The number of carbonyl (C=O) groups excluding carboxylic acids is 2. The van der Waals surface area contributed by atoms with Gasteiger partial charge in [0.25, 0.3) is 5.91 Å². The summed E-state index contributed by atoms with van der Waals surface area (Å²) in [6, 6.07) is 6.23. The second-order valence-corrected chi connectivity index (χ2v) is 12.9. The molecule has 2 heterocycles. The van der Waals surface area contributed by atoms with Gasteiger partial charge in [0.05, 0.1) is 18.7 Å². The van der Waals surface area contributed by atoms with Gasteiger partial charge in [0.15, 0.2) is 11.5 Å². The van der Waals surface area contributed by atoms with Crippen LogP contribution in [0.1, 0.15) is 61.3 Å². The molecule has 7 nitrogen and oxygen atoms in total. The Kier molecular flexibility index (Phi) is 6.89. The first-order valence-electron chi connectivity index (χ1n) is 15.3.